The van der Waals surface area contributed by atoms with E-state index in [9.17, 15) is 8.42 Å². The number of primary sulfonamides is 1. The van der Waals surface area contributed by atoms with Crippen LogP contribution >= 0.6 is 0 Å². The molecule has 0 heterocycles. The quantitative estimate of drug-likeness (QED) is 0.629. The highest BCUT2D eigenvalue weighted by atomic mass is 32.2. The van der Waals surface area contributed by atoms with Gasteiger partial charge in [-0.15, -0.1) is 0 Å². The molecule has 0 aliphatic heterocycles. The summed E-state index contributed by atoms with van der Waals surface area (Å²) in [6.45, 7) is 0. The van der Waals surface area contributed by atoms with Gasteiger partial charge in [0, 0.05) is 0 Å². The molecule has 3 nitrogen and oxygen atoms in total. The number of sulfonamides is 1. The molecule has 0 aromatic heterocycles. The van der Waals surface area contributed by atoms with Gasteiger partial charge in [-0.05, 0) is 31.1 Å². The van der Waals surface area contributed by atoms with Gasteiger partial charge in [-0.2, -0.15) is 0 Å². The Hall–Kier alpha value is -0.0900. The molecule has 2 saturated carbocycles. The highest BCUT2D eigenvalue weighted by Gasteiger charge is 2.44. The summed E-state index contributed by atoms with van der Waals surface area (Å²) in [7, 11) is -3.23. The Morgan fingerprint density at radius 1 is 1.18 bits per heavy atom. The molecule has 2 aliphatic carbocycles. The summed E-state index contributed by atoms with van der Waals surface area (Å²) in [5, 5.41) is 4.89. The Balaban J connectivity index is 2.21. The zero-order chi connectivity index (χ0) is 8.06. The summed E-state index contributed by atoms with van der Waals surface area (Å²) in [5.74, 6) is 1.04. The second kappa shape index (κ2) is 2.20. The lowest BCUT2D eigenvalue weighted by Crippen LogP contribution is -2.32. The number of hydrogen-bond acceptors (Lipinski definition) is 2. The monoisotopic (exact) mass is 175 g/mol. The topological polar surface area (TPSA) is 60.2 Å². The summed E-state index contributed by atoms with van der Waals surface area (Å²) in [6.07, 6.45) is 4.22. The molecular weight excluding hydrogens is 162 g/mol. The van der Waals surface area contributed by atoms with Crippen molar-refractivity contribution in [1.29, 1.82) is 0 Å². The van der Waals surface area contributed by atoms with Gasteiger partial charge in [-0.1, -0.05) is 6.42 Å². The van der Waals surface area contributed by atoms with E-state index >= 15 is 0 Å². The zero-order valence-corrected chi connectivity index (χ0v) is 7.18. The first-order valence-corrected chi connectivity index (χ1v) is 5.70. The Bertz CT molecular complexity index is 260. The lowest BCUT2D eigenvalue weighted by atomic mass is 10.0. The summed E-state index contributed by atoms with van der Waals surface area (Å²) >= 11 is 0. The molecule has 0 spiro atoms. The number of fused-ring (bicyclic) bond motifs is 2. The average Bonchev–Trinajstić information content (AvgIpc) is 2.42. The molecule has 0 aromatic rings. The molecule has 2 rings (SSSR count). The van der Waals surface area contributed by atoms with Crippen molar-refractivity contribution in [1.82, 2.24) is 0 Å². The molecule has 0 unspecified atom stereocenters. The van der Waals surface area contributed by atoms with Crippen LogP contribution in [0.3, 0.4) is 0 Å². The van der Waals surface area contributed by atoms with Crippen molar-refractivity contribution in [3.8, 4) is 0 Å². The van der Waals surface area contributed by atoms with Gasteiger partial charge in [-0.25, -0.2) is 13.6 Å². The summed E-state index contributed by atoms with van der Waals surface area (Å²) in [5.41, 5.74) is 0. The van der Waals surface area contributed by atoms with Gasteiger partial charge in [0.05, 0.1) is 5.25 Å². The molecule has 2 fully saturated rings. The van der Waals surface area contributed by atoms with E-state index in [4.69, 9.17) is 5.14 Å². The molecule has 3 atom stereocenters. The molecule has 0 aromatic carbocycles. The van der Waals surface area contributed by atoms with E-state index in [1.165, 1.54) is 6.42 Å². The van der Waals surface area contributed by atoms with Crippen LogP contribution in [0.25, 0.3) is 0 Å². The van der Waals surface area contributed by atoms with E-state index in [1.54, 1.807) is 0 Å². The third-order valence-corrected chi connectivity index (χ3v) is 4.52. The van der Waals surface area contributed by atoms with Crippen LogP contribution < -0.4 is 5.14 Å². The van der Waals surface area contributed by atoms with E-state index in [2.05, 4.69) is 0 Å². The molecule has 0 saturated heterocycles. The van der Waals surface area contributed by atoms with Crippen LogP contribution in [-0.4, -0.2) is 13.7 Å². The Morgan fingerprint density at radius 2 is 1.91 bits per heavy atom. The predicted octanol–water partition coefficient (Wildman–Crippen LogP) is 0.464. The third kappa shape index (κ3) is 1.18. The van der Waals surface area contributed by atoms with Gasteiger partial charge in [-0.3, -0.25) is 0 Å². The average molecular weight is 175 g/mol. The Kier molecular flexibility index (Phi) is 1.51. The van der Waals surface area contributed by atoms with Crippen LogP contribution in [0.15, 0.2) is 0 Å². The molecule has 11 heavy (non-hydrogen) atoms. The van der Waals surface area contributed by atoms with Gasteiger partial charge in [0.1, 0.15) is 0 Å². The van der Waals surface area contributed by atoms with Gasteiger partial charge >= 0.3 is 0 Å². The van der Waals surface area contributed by atoms with Crippen LogP contribution in [-0.2, 0) is 10.0 Å². The first kappa shape index (κ1) is 7.55. The molecule has 2 aliphatic rings. The SMILES string of the molecule is NS(=O)(=O)[C@@H]1C[C@H]2CC[C@@H]1C2. The Morgan fingerprint density at radius 3 is 2.18 bits per heavy atom. The number of nitrogens with two attached hydrogens (primary N) is 1. The fourth-order valence-corrected chi connectivity index (χ4v) is 3.91. The van der Waals surface area contributed by atoms with E-state index in [0.717, 1.165) is 19.3 Å². The van der Waals surface area contributed by atoms with Crippen molar-refractivity contribution < 1.29 is 8.42 Å². The lowest BCUT2D eigenvalue weighted by Gasteiger charge is -2.18. The molecule has 64 valence electrons. The van der Waals surface area contributed by atoms with Crippen molar-refractivity contribution in [3.05, 3.63) is 0 Å². The van der Waals surface area contributed by atoms with Crippen molar-refractivity contribution in [2.45, 2.75) is 30.9 Å². The van der Waals surface area contributed by atoms with Crippen molar-refractivity contribution in [2.75, 3.05) is 0 Å². The summed E-state index contributed by atoms with van der Waals surface area (Å²) in [6, 6.07) is 0. The van der Waals surface area contributed by atoms with Crippen molar-refractivity contribution in [3.63, 3.8) is 0 Å². The largest absolute Gasteiger partial charge is 0.228 e. The summed E-state index contributed by atoms with van der Waals surface area (Å²) in [4.78, 5) is 0. The fourth-order valence-electron chi connectivity index (χ4n) is 2.59. The van der Waals surface area contributed by atoms with E-state index in [-0.39, 0.29) is 5.25 Å². The van der Waals surface area contributed by atoms with Crippen molar-refractivity contribution in [2.24, 2.45) is 17.0 Å². The van der Waals surface area contributed by atoms with Crippen LogP contribution in [0.2, 0.25) is 0 Å². The van der Waals surface area contributed by atoms with Crippen LogP contribution in [0.4, 0.5) is 0 Å². The van der Waals surface area contributed by atoms with E-state index in [1.807, 2.05) is 0 Å². The highest BCUT2D eigenvalue weighted by molar-refractivity contribution is 7.89. The number of hydrogen-bond donors (Lipinski definition) is 1. The maximum Gasteiger partial charge on any atom is 0.212 e. The minimum atomic E-state index is -3.23. The third-order valence-electron chi connectivity index (χ3n) is 3.10. The normalized spacial score (nSPS) is 43.2. The second-order valence-electron chi connectivity index (χ2n) is 3.80. The van der Waals surface area contributed by atoms with Gasteiger partial charge in [0.25, 0.3) is 0 Å². The zero-order valence-electron chi connectivity index (χ0n) is 6.36. The van der Waals surface area contributed by atoms with Crippen LogP contribution in [0.5, 0.6) is 0 Å². The lowest BCUT2D eigenvalue weighted by molar-refractivity contribution is 0.465. The standard InChI is InChI=1S/C7H13NO2S/c8-11(9,10)7-4-5-1-2-6(7)3-5/h5-7H,1-4H2,(H2,8,9,10)/t5-,6+,7+/m0/s1. The minimum absolute atomic E-state index is 0.207. The first-order chi connectivity index (χ1) is 5.07. The van der Waals surface area contributed by atoms with Crippen LogP contribution in [0.1, 0.15) is 25.7 Å². The summed E-state index contributed by atoms with van der Waals surface area (Å²) < 4.78 is 22.0. The fraction of sp³-hybridized carbons (Fsp3) is 1.00. The number of rotatable bonds is 1. The Labute approximate surface area is 67.0 Å². The van der Waals surface area contributed by atoms with Gasteiger partial charge in [0.2, 0.25) is 10.0 Å². The van der Waals surface area contributed by atoms with Crippen LogP contribution in [0, 0.1) is 11.8 Å². The maximum atomic E-state index is 11.0. The van der Waals surface area contributed by atoms with E-state index in [0.29, 0.717) is 11.8 Å². The van der Waals surface area contributed by atoms with Gasteiger partial charge < -0.3 is 0 Å². The smallest absolute Gasteiger partial charge is 0.212 e. The molecular formula is C7H13NO2S. The molecule has 0 amide bonds. The maximum absolute atomic E-state index is 11.0. The van der Waals surface area contributed by atoms with E-state index < -0.39 is 10.0 Å². The van der Waals surface area contributed by atoms with Gasteiger partial charge in [0.15, 0.2) is 0 Å². The molecule has 0 radical (unpaired) electrons. The minimum Gasteiger partial charge on any atom is -0.228 e. The molecule has 4 heteroatoms. The second-order valence-corrected chi connectivity index (χ2v) is 5.59. The highest BCUT2D eigenvalue weighted by Crippen LogP contribution is 2.46. The van der Waals surface area contributed by atoms with Crippen molar-refractivity contribution >= 4 is 10.0 Å². The molecule has 2 bridgehead atoms. The predicted molar refractivity (Wildman–Crippen MR) is 42.3 cm³/mol. The molecule has 2 N–H and O–H groups in total. The first-order valence-electron chi connectivity index (χ1n) is 4.09.